The highest BCUT2D eigenvalue weighted by atomic mass is 35.5. The van der Waals surface area contributed by atoms with E-state index in [1.807, 2.05) is 0 Å². The number of carbonyl (C=O) groups excluding carboxylic acids is 2. The molecule has 0 saturated carbocycles. The van der Waals surface area contributed by atoms with Gasteiger partial charge in [-0.15, -0.1) is 5.10 Å². The van der Waals surface area contributed by atoms with Crippen molar-refractivity contribution in [1.29, 1.82) is 0 Å². The van der Waals surface area contributed by atoms with E-state index in [4.69, 9.17) is 11.6 Å². The Morgan fingerprint density at radius 3 is 2.76 bits per heavy atom. The Labute approximate surface area is 148 Å². The highest BCUT2D eigenvalue weighted by molar-refractivity contribution is 8.18. The molecule has 11 heteroatoms. The van der Waals surface area contributed by atoms with Crippen LogP contribution < -0.4 is 5.32 Å². The molecular formula is C14H9ClF3N3O3S. The Morgan fingerprint density at radius 1 is 1.40 bits per heavy atom. The quantitative estimate of drug-likeness (QED) is 0.372. The molecule has 0 unspecified atom stereocenters. The van der Waals surface area contributed by atoms with E-state index >= 15 is 0 Å². The number of nitrogens with zero attached hydrogens (tertiary/aromatic N) is 2. The summed E-state index contributed by atoms with van der Waals surface area (Å²) in [5, 5.41) is 9.29. The summed E-state index contributed by atoms with van der Waals surface area (Å²) in [5.74, 6) is -1.27. The number of esters is 1. The first-order chi connectivity index (χ1) is 11.7. The third-order valence-corrected chi connectivity index (χ3v) is 3.98. The summed E-state index contributed by atoms with van der Waals surface area (Å²) in [6.45, 7) is 0. The molecule has 0 aliphatic carbocycles. The first kappa shape index (κ1) is 19.0. The second-order valence-corrected chi connectivity index (χ2v) is 5.91. The molecule has 0 radical (unpaired) electrons. The number of nitrogens with one attached hydrogen (secondary N) is 1. The molecule has 1 heterocycles. The summed E-state index contributed by atoms with van der Waals surface area (Å²) in [5.41, 5.74) is -0.863. The number of halogens is 4. The highest BCUT2D eigenvalue weighted by Gasteiger charge is 2.33. The molecule has 1 aliphatic rings. The fourth-order valence-electron chi connectivity index (χ4n) is 1.63. The van der Waals surface area contributed by atoms with Crippen LogP contribution in [0, 0.1) is 0 Å². The van der Waals surface area contributed by atoms with Crippen molar-refractivity contribution in [2.75, 3.05) is 7.11 Å². The first-order valence-electron chi connectivity index (χ1n) is 6.47. The van der Waals surface area contributed by atoms with Crippen LogP contribution in [0.2, 0.25) is 5.02 Å². The summed E-state index contributed by atoms with van der Waals surface area (Å²) in [7, 11) is 1.16. The van der Waals surface area contributed by atoms with Gasteiger partial charge in [-0.3, -0.25) is 10.1 Å². The number of methoxy groups -OCH3 is 1. The monoisotopic (exact) mass is 391 g/mol. The van der Waals surface area contributed by atoms with Crippen molar-refractivity contribution in [3.63, 3.8) is 0 Å². The number of carbonyl (C=O) groups is 2. The SMILES string of the molecule is COC(=O)/C=C1/S/C(=N\N=Cc2ccc(Cl)c(C(F)(F)F)c2)NC1=O. The number of thioether (sulfide) groups is 1. The molecule has 0 atom stereocenters. The lowest BCUT2D eigenvalue weighted by Crippen LogP contribution is -2.19. The molecule has 25 heavy (non-hydrogen) atoms. The van der Waals surface area contributed by atoms with Crippen molar-refractivity contribution in [2.45, 2.75) is 6.18 Å². The fraction of sp³-hybridized carbons (Fsp3) is 0.143. The van der Waals surface area contributed by atoms with E-state index in [0.717, 1.165) is 43.3 Å². The topological polar surface area (TPSA) is 80.1 Å². The van der Waals surface area contributed by atoms with Crippen molar-refractivity contribution in [3.05, 3.63) is 45.3 Å². The van der Waals surface area contributed by atoms with Crippen LogP contribution in [0.3, 0.4) is 0 Å². The largest absolute Gasteiger partial charge is 0.466 e. The van der Waals surface area contributed by atoms with Crippen molar-refractivity contribution in [2.24, 2.45) is 10.2 Å². The molecule has 0 aromatic heterocycles. The van der Waals surface area contributed by atoms with Gasteiger partial charge in [-0.2, -0.15) is 18.3 Å². The van der Waals surface area contributed by atoms with Gasteiger partial charge in [-0.05, 0) is 29.5 Å². The molecule has 6 nitrogen and oxygen atoms in total. The van der Waals surface area contributed by atoms with Gasteiger partial charge in [0.2, 0.25) is 0 Å². The standard InChI is InChI=1S/C14H9ClF3N3O3S/c1-24-11(22)5-10-12(23)20-13(25-10)21-19-6-7-2-3-9(15)8(4-7)14(16,17)18/h2-6H,1H3,(H,20,21,23)/b10-5+,19-6?. The van der Waals surface area contributed by atoms with E-state index in [-0.39, 0.29) is 15.6 Å². The van der Waals surface area contributed by atoms with Gasteiger partial charge in [0.25, 0.3) is 5.91 Å². The lowest BCUT2D eigenvalue weighted by molar-refractivity contribution is -0.137. The molecule has 132 valence electrons. The Kier molecular flexibility index (Phi) is 5.85. The third kappa shape index (κ3) is 5.07. The van der Waals surface area contributed by atoms with E-state index in [2.05, 4.69) is 20.3 Å². The number of benzene rings is 1. The molecule has 1 aliphatic heterocycles. The molecule has 0 bridgehead atoms. The summed E-state index contributed by atoms with van der Waals surface area (Å²) in [6.07, 6.45) is -2.52. The number of hydrogen-bond donors (Lipinski definition) is 1. The van der Waals surface area contributed by atoms with Crippen LogP contribution in [-0.4, -0.2) is 30.4 Å². The maximum absolute atomic E-state index is 12.8. The van der Waals surface area contributed by atoms with Crippen LogP contribution in [0.4, 0.5) is 13.2 Å². The first-order valence-corrected chi connectivity index (χ1v) is 7.67. The van der Waals surface area contributed by atoms with Crippen LogP contribution >= 0.6 is 23.4 Å². The van der Waals surface area contributed by atoms with Crippen molar-refractivity contribution in [3.8, 4) is 0 Å². The van der Waals surface area contributed by atoms with Crippen LogP contribution in [0.25, 0.3) is 0 Å². The Bertz CT molecular complexity index is 806. The van der Waals surface area contributed by atoms with Crippen molar-refractivity contribution < 1.29 is 27.5 Å². The van der Waals surface area contributed by atoms with E-state index in [1.165, 1.54) is 6.07 Å². The zero-order valence-corrected chi connectivity index (χ0v) is 14.0. The number of amidine groups is 1. The van der Waals surface area contributed by atoms with Gasteiger partial charge in [-0.25, -0.2) is 4.79 Å². The molecule has 1 N–H and O–H groups in total. The maximum atomic E-state index is 12.8. The van der Waals surface area contributed by atoms with Gasteiger partial charge in [0.05, 0.1) is 28.8 Å². The van der Waals surface area contributed by atoms with E-state index in [9.17, 15) is 22.8 Å². The summed E-state index contributed by atoms with van der Waals surface area (Å²) >= 11 is 6.36. The Balaban J connectivity index is 2.14. The predicted octanol–water partition coefficient (Wildman–Crippen LogP) is 2.97. The second kappa shape index (κ2) is 7.70. The van der Waals surface area contributed by atoms with Crippen molar-refractivity contribution in [1.82, 2.24) is 5.32 Å². The third-order valence-electron chi connectivity index (χ3n) is 2.75. The molecule has 2 rings (SSSR count). The molecule has 1 saturated heterocycles. The van der Waals surface area contributed by atoms with Crippen molar-refractivity contribution >= 4 is 46.6 Å². The number of alkyl halides is 3. The molecule has 0 spiro atoms. The average Bonchev–Trinajstić information content (AvgIpc) is 2.87. The smallest absolute Gasteiger partial charge is 0.417 e. The van der Waals surface area contributed by atoms with Crippen LogP contribution in [0.1, 0.15) is 11.1 Å². The Hall–Kier alpha value is -2.33. The molecule has 1 fully saturated rings. The second-order valence-electron chi connectivity index (χ2n) is 4.47. The van der Waals surface area contributed by atoms with E-state index in [1.54, 1.807) is 0 Å². The summed E-state index contributed by atoms with van der Waals surface area (Å²) in [6, 6.07) is 3.27. The zero-order valence-electron chi connectivity index (χ0n) is 12.4. The van der Waals surface area contributed by atoms with Gasteiger partial charge in [0, 0.05) is 6.08 Å². The molecule has 1 aromatic rings. The van der Waals surface area contributed by atoms with E-state index in [0.29, 0.717) is 0 Å². The minimum absolute atomic E-state index is 0.0617. The number of ether oxygens (including phenoxy) is 1. The normalized spacial score (nSPS) is 18.2. The average molecular weight is 392 g/mol. The minimum Gasteiger partial charge on any atom is -0.466 e. The fourth-order valence-corrected chi connectivity index (χ4v) is 2.59. The zero-order chi connectivity index (χ0) is 18.6. The predicted molar refractivity (Wildman–Crippen MR) is 87.3 cm³/mol. The van der Waals surface area contributed by atoms with Gasteiger partial charge in [0.1, 0.15) is 0 Å². The highest BCUT2D eigenvalue weighted by Crippen LogP contribution is 2.34. The molecule has 1 aromatic carbocycles. The van der Waals surface area contributed by atoms with Gasteiger partial charge < -0.3 is 4.74 Å². The van der Waals surface area contributed by atoms with Crippen LogP contribution in [0.15, 0.2) is 39.4 Å². The maximum Gasteiger partial charge on any atom is 0.417 e. The number of amides is 1. The van der Waals surface area contributed by atoms with Gasteiger partial charge in [-0.1, -0.05) is 17.7 Å². The van der Waals surface area contributed by atoms with E-state index < -0.39 is 28.6 Å². The molecular weight excluding hydrogens is 383 g/mol. The molecule has 1 amide bonds. The summed E-state index contributed by atoms with van der Waals surface area (Å²) < 4.78 is 42.7. The van der Waals surface area contributed by atoms with Crippen LogP contribution in [0.5, 0.6) is 0 Å². The summed E-state index contributed by atoms with van der Waals surface area (Å²) in [4.78, 5) is 22.7. The van der Waals surface area contributed by atoms with Gasteiger partial charge >= 0.3 is 12.1 Å². The van der Waals surface area contributed by atoms with Crippen LogP contribution in [-0.2, 0) is 20.5 Å². The number of rotatable bonds is 3. The number of hydrogen-bond acceptors (Lipinski definition) is 6. The van der Waals surface area contributed by atoms with Gasteiger partial charge in [0.15, 0.2) is 5.17 Å². The Morgan fingerprint density at radius 2 is 2.12 bits per heavy atom. The lowest BCUT2D eigenvalue weighted by atomic mass is 10.1. The minimum atomic E-state index is -4.59. The lowest BCUT2D eigenvalue weighted by Gasteiger charge is -2.08.